The molecule has 7 nitrogen and oxygen atoms in total. The van der Waals surface area contributed by atoms with Gasteiger partial charge in [0, 0.05) is 11.3 Å². The molecule has 0 aromatic heterocycles. The molecule has 1 atom stereocenters. The van der Waals surface area contributed by atoms with E-state index in [9.17, 15) is 19.5 Å². The average molecular weight is 486 g/mol. The summed E-state index contributed by atoms with van der Waals surface area (Å²) in [6.45, 7) is 4.51. The van der Waals surface area contributed by atoms with Crippen molar-refractivity contribution in [2.45, 2.75) is 26.3 Å². The second-order valence-electron chi connectivity index (χ2n) is 8.22. The number of amides is 1. The van der Waals surface area contributed by atoms with E-state index >= 15 is 0 Å². The van der Waals surface area contributed by atoms with Gasteiger partial charge in [0.25, 0.3) is 11.7 Å². The fourth-order valence-electron chi connectivity index (χ4n) is 4.14. The predicted molar refractivity (Wildman–Crippen MR) is 136 cm³/mol. The number of anilines is 1. The highest BCUT2D eigenvalue weighted by atomic mass is 16.5. The van der Waals surface area contributed by atoms with Gasteiger partial charge in [0.05, 0.1) is 30.4 Å². The van der Waals surface area contributed by atoms with Crippen molar-refractivity contribution < 1.29 is 29.0 Å². The van der Waals surface area contributed by atoms with E-state index in [2.05, 4.69) is 0 Å². The van der Waals surface area contributed by atoms with Gasteiger partial charge in [-0.1, -0.05) is 49.4 Å². The molecule has 0 aliphatic carbocycles. The summed E-state index contributed by atoms with van der Waals surface area (Å²) in [5, 5.41) is 11.3. The molecule has 1 heterocycles. The molecule has 0 spiro atoms. The van der Waals surface area contributed by atoms with Crippen molar-refractivity contribution in [1.29, 1.82) is 0 Å². The fraction of sp³-hybridized carbons (Fsp3) is 0.207. The Bertz CT molecular complexity index is 1300. The molecule has 1 aliphatic heterocycles. The van der Waals surface area contributed by atoms with Crippen molar-refractivity contribution in [3.05, 3.63) is 101 Å². The van der Waals surface area contributed by atoms with Crippen molar-refractivity contribution in [1.82, 2.24) is 0 Å². The van der Waals surface area contributed by atoms with E-state index < -0.39 is 23.7 Å². The molecule has 0 bridgehead atoms. The molecule has 184 valence electrons. The highest BCUT2D eigenvalue weighted by Gasteiger charge is 2.47. The van der Waals surface area contributed by atoms with Crippen LogP contribution in [-0.4, -0.2) is 36.0 Å². The molecule has 1 unspecified atom stereocenters. The van der Waals surface area contributed by atoms with Crippen LogP contribution in [0.1, 0.15) is 47.8 Å². The molecule has 1 fully saturated rings. The average Bonchev–Trinajstić information content (AvgIpc) is 3.18. The number of ether oxygens (including phenoxy) is 2. The number of ketones is 1. The van der Waals surface area contributed by atoms with E-state index in [-0.39, 0.29) is 11.3 Å². The van der Waals surface area contributed by atoms with Crippen LogP contribution in [0.15, 0.2) is 84.4 Å². The number of benzene rings is 3. The number of nitrogens with zero attached hydrogens (tertiary/aromatic N) is 1. The minimum Gasteiger partial charge on any atom is -0.507 e. The molecule has 0 saturated carbocycles. The van der Waals surface area contributed by atoms with Gasteiger partial charge in [-0.2, -0.15) is 0 Å². The van der Waals surface area contributed by atoms with E-state index in [0.29, 0.717) is 47.8 Å². The largest absolute Gasteiger partial charge is 0.507 e. The van der Waals surface area contributed by atoms with Crippen LogP contribution in [0.4, 0.5) is 5.69 Å². The first kappa shape index (κ1) is 24.7. The topological polar surface area (TPSA) is 93.1 Å². The maximum atomic E-state index is 13.3. The maximum absolute atomic E-state index is 13.3. The first-order valence-corrected chi connectivity index (χ1v) is 11.8. The second-order valence-corrected chi connectivity index (χ2v) is 8.22. The molecule has 36 heavy (non-hydrogen) atoms. The van der Waals surface area contributed by atoms with Gasteiger partial charge in [-0.15, -0.1) is 0 Å². The summed E-state index contributed by atoms with van der Waals surface area (Å²) in [6.07, 6.45) is 0.707. The maximum Gasteiger partial charge on any atom is 0.338 e. The Labute approximate surface area is 209 Å². The van der Waals surface area contributed by atoms with Gasteiger partial charge in [-0.25, -0.2) is 4.79 Å². The highest BCUT2D eigenvalue weighted by molar-refractivity contribution is 6.51. The predicted octanol–water partition coefficient (Wildman–Crippen LogP) is 5.28. The van der Waals surface area contributed by atoms with Crippen molar-refractivity contribution in [3.63, 3.8) is 0 Å². The zero-order valence-corrected chi connectivity index (χ0v) is 20.1. The van der Waals surface area contributed by atoms with Crippen molar-refractivity contribution in [3.8, 4) is 5.75 Å². The number of Topliss-reactive ketones (excluding diaryl/α,β-unsaturated/α-hetero) is 1. The molecule has 4 rings (SSSR count). The minimum atomic E-state index is -0.861. The van der Waals surface area contributed by atoms with Crippen LogP contribution in [0.2, 0.25) is 0 Å². The van der Waals surface area contributed by atoms with E-state index in [1.165, 1.54) is 4.90 Å². The standard InChI is InChI=1S/C29H27NO6/c1-3-17-36-29(34)20-13-15-22(16-14-20)30-25(19-9-6-5-7-10-19)24(27(32)28(30)33)26(31)21-11-8-12-23(18-21)35-4-2/h5-16,18,25,31H,3-4,17H2,1-2H3/b26-24+. The minimum absolute atomic E-state index is 0.0220. The Morgan fingerprint density at radius 1 is 0.917 bits per heavy atom. The molecule has 7 heteroatoms. The van der Waals surface area contributed by atoms with Gasteiger partial charge in [0.15, 0.2) is 0 Å². The number of carbonyl (C=O) groups is 3. The summed E-state index contributed by atoms with van der Waals surface area (Å²) in [7, 11) is 0. The summed E-state index contributed by atoms with van der Waals surface area (Å²) in [6, 6.07) is 21.2. The third-order valence-electron chi connectivity index (χ3n) is 5.80. The van der Waals surface area contributed by atoms with Crippen molar-refractivity contribution >= 4 is 29.1 Å². The van der Waals surface area contributed by atoms with E-state index in [0.717, 1.165) is 0 Å². The highest BCUT2D eigenvalue weighted by Crippen LogP contribution is 2.42. The van der Waals surface area contributed by atoms with Crippen LogP contribution in [0.3, 0.4) is 0 Å². The summed E-state index contributed by atoms with van der Waals surface area (Å²) in [5.41, 5.74) is 1.76. The number of hydrogen-bond acceptors (Lipinski definition) is 6. The Hall–Kier alpha value is -4.39. The molecular weight excluding hydrogens is 458 g/mol. The molecule has 1 saturated heterocycles. The zero-order valence-electron chi connectivity index (χ0n) is 20.1. The molecule has 3 aromatic carbocycles. The van der Waals surface area contributed by atoms with Gasteiger partial charge in [-0.05, 0) is 55.3 Å². The number of esters is 1. The van der Waals surface area contributed by atoms with Crippen LogP contribution in [0, 0.1) is 0 Å². The van der Waals surface area contributed by atoms with Crippen LogP contribution in [0.25, 0.3) is 5.76 Å². The van der Waals surface area contributed by atoms with E-state index in [1.807, 2.05) is 19.9 Å². The molecule has 3 aromatic rings. The Balaban J connectivity index is 1.80. The summed E-state index contributed by atoms with van der Waals surface area (Å²) in [4.78, 5) is 40.1. The van der Waals surface area contributed by atoms with Gasteiger partial charge < -0.3 is 14.6 Å². The van der Waals surface area contributed by atoms with Gasteiger partial charge in [-0.3, -0.25) is 14.5 Å². The first-order chi connectivity index (χ1) is 17.5. The van der Waals surface area contributed by atoms with Crippen molar-refractivity contribution in [2.75, 3.05) is 18.1 Å². The number of aliphatic hydroxyl groups is 1. The second kappa shape index (κ2) is 10.9. The Morgan fingerprint density at radius 3 is 2.31 bits per heavy atom. The lowest BCUT2D eigenvalue weighted by Gasteiger charge is -2.25. The summed E-state index contributed by atoms with van der Waals surface area (Å²) >= 11 is 0. The molecule has 1 aliphatic rings. The van der Waals surface area contributed by atoms with Gasteiger partial charge in [0.1, 0.15) is 11.5 Å². The molecule has 1 N–H and O–H groups in total. The number of carbonyl (C=O) groups excluding carboxylic acids is 3. The number of hydrogen-bond donors (Lipinski definition) is 1. The van der Waals surface area contributed by atoms with E-state index in [4.69, 9.17) is 9.47 Å². The first-order valence-electron chi connectivity index (χ1n) is 11.8. The smallest absolute Gasteiger partial charge is 0.338 e. The summed E-state index contributed by atoms with van der Waals surface area (Å²) in [5.74, 6) is -1.77. The normalized spacial score (nSPS) is 16.7. The van der Waals surface area contributed by atoms with Crippen molar-refractivity contribution in [2.24, 2.45) is 0 Å². The monoisotopic (exact) mass is 485 g/mol. The third-order valence-corrected chi connectivity index (χ3v) is 5.80. The lowest BCUT2D eigenvalue weighted by Crippen LogP contribution is -2.29. The lowest BCUT2D eigenvalue weighted by molar-refractivity contribution is -0.132. The van der Waals surface area contributed by atoms with Gasteiger partial charge in [0.2, 0.25) is 0 Å². The van der Waals surface area contributed by atoms with Crippen LogP contribution >= 0.6 is 0 Å². The zero-order chi connectivity index (χ0) is 25.7. The Morgan fingerprint density at radius 2 is 1.64 bits per heavy atom. The lowest BCUT2D eigenvalue weighted by atomic mass is 9.95. The van der Waals surface area contributed by atoms with E-state index in [1.54, 1.807) is 72.8 Å². The van der Waals surface area contributed by atoms with Gasteiger partial charge >= 0.3 is 5.97 Å². The molecule has 1 amide bonds. The fourth-order valence-corrected chi connectivity index (χ4v) is 4.14. The molecular formula is C29H27NO6. The number of aliphatic hydroxyl groups excluding tert-OH is 1. The summed E-state index contributed by atoms with van der Waals surface area (Å²) < 4.78 is 10.7. The van der Waals surface area contributed by atoms with Crippen LogP contribution < -0.4 is 9.64 Å². The quantitative estimate of drug-likeness (QED) is 0.202. The third kappa shape index (κ3) is 4.86. The Kier molecular flexibility index (Phi) is 7.49. The van der Waals surface area contributed by atoms with Crippen LogP contribution in [0.5, 0.6) is 5.75 Å². The molecule has 0 radical (unpaired) electrons. The SMILES string of the molecule is CCCOC(=O)c1ccc(N2C(=O)C(=O)/C(=C(/O)c3cccc(OCC)c3)C2c2ccccc2)cc1. The van der Waals surface area contributed by atoms with Crippen LogP contribution in [-0.2, 0) is 14.3 Å². The number of rotatable bonds is 8.